The third-order valence-corrected chi connectivity index (χ3v) is 4.80. The summed E-state index contributed by atoms with van der Waals surface area (Å²) in [5.41, 5.74) is 1.30. The Morgan fingerprint density at radius 3 is 2.61 bits per heavy atom. The summed E-state index contributed by atoms with van der Waals surface area (Å²) < 4.78 is 0. The molecule has 2 amide bonds. The van der Waals surface area contributed by atoms with Crippen LogP contribution in [0.1, 0.15) is 25.3 Å². The maximum absolute atomic E-state index is 12.4. The van der Waals surface area contributed by atoms with Gasteiger partial charge in [0, 0.05) is 33.1 Å². The lowest BCUT2D eigenvalue weighted by Gasteiger charge is -2.40. The summed E-state index contributed by atoms with van der Waals surface area (Å²) in [6.07, 6.45) is 2.02. The van der Waals surface area contributed by atoms with E-state index >= 15 is 0 Å². The van der Waals surface area contributed by atoms with Crippen molar-refractivity contribution in [3.8, 4) is 0 Å². The topological polar surface area (TPSA) is 52.7 Å². The smallest absolute Gasteiger partial charge is 0.224 e. The van der Waals surface area contributed by atoms with Gasteiger partial charge in [-0.05, 0) is 24.9 Å². The normalized spacial score (nSPS) is 22.5. The van der Waals surface area contributed by atoms with Crippen LogP contribution >= 0.6 is 0 Å². The maximum Gasteiger partial charge on any atom is 0.224 e. The van der Waals surface area contributed by atoms with Crippen LogP contribution in [-0.4, -0.2) is 53.8 Å². The van der Waals surface area contributed by atoms with E-state index in [0.717, 1.165) is 32.5 Å². The van der Waals surface area contributed by atoms with E-state index in [1.807, 2.05) is 6.07 Å². The second-order valence-electron chi connectivity index (χ2n) is 6.69. The van der Waals surface area contributed by atoms with Crippen molar-refractivity contribution in [1.29, 1.82) is 0 Å². The number of hydrogen-bond donors (Lipinski definition) is 1. The van der Waals surface area contributed by atoms with E-state index in [1.54, 1.807) is 11.8 Å². The Morgan fingerprint density at radius 1 is 1.17 bits per heavy atom. The summed E-state index contributed by atoms with van der Waals surface area (Å²) in [7, 11) is 0. The van der Waals surface area contributed by atoms with Crippen LogP contribution in [0.15, 0.2) is 30.3 Å². The molecule has 124 valence electrons. The molecular weight excluding hydrogens is 290 g/mol. The van der Waals surface area contributed by atoms with Crippen molar-refractivity contribution in [2.45, 2.75) is 32.4 Å². The number of benzene rings is 1. The van der Waals surface area contributed by atoms with Crippen molar-refractivity contribution in [2.75, 3.05) is 26.2 Å². The lowest BCUT2D eigenvalue weighted by atomic mass is 9.95. The molecule has 2 aliphatic rings. The molecule has 1 atom stereocenters. The highest BCUT2D eigenvalue weighted by Crippen LogP contribution is 2.19. The molecular formula is C18H25N3O2. The van der Waals surface area contributed by atoms with Crippen LogP contribution in [0.25, 0.3) is 0 Å². The highest BCUT2D eigenvalue weighted by atomic mass is 16.2. The van der Waals surface area contributed by atoms with Gasteiger partial charge < -0.3 is 10.2 Å². The molecule has 3 rings (SSSR count). The first-order chi connectivity index (χ1) is 11.1. The Kier molecular flexibility index (Phi) is 4.96. The molecule has 2 aliphatic heterocycles. The third kappa shape index (κ3) is 4.10. The van der Waals surface area contributed by atoms with Crippen LogP contribution in [-0.2, 0) is 16.1 Å². The van der Waals surface area contributed by atoms with E-state index in [9.17, 15) is 9.59 Å². The largest absolute Gasteiger partial charge is 0.350 e. The Bertz CT molecular complexity index is 555. The minimum absolute atomic E-state index is 0.0684. The summed E-state index contributed by atoms with van der Waals surface area (Å²) in [5.74, 6) is 0.303. The maximum atomic E-state index is 12.4. The zero-order valence-electron chi connectivity index (χ0n) is 13.7. The van der Waals surface area contributed by atoms with Gasteiger partial charge in [-0.1, -0.05) is 30.3 Å². The summed E-state index contributed by atoms with van der Waals surface area (Å²) in [6, 6.07) is 10.5. The minimum atomic E-state index is 0.0684. The summed E-state index contributed by atoms with van der Waals surface area (Å²) in [5, 5.41) is 3.10. The molecule has 0 spiro atoms. The number of nitrogens with zero attached hydrogens (tertiary/aromatic N) is 2. The van der Waals surface area contributed by atoms with Crippen molar-refractivity contribution in [1.82, 2.24) is 15.1 Å². The van der Waals surface area contributed by atoms with Crippen LogP contribution in [0.2, 0.25) is 0 Å². The molecule has 5 nitrogen and oxygen atoms in total. The zero-order chi connectivity index (χ0) is 16.2. The van der Waals surface area contributed by atoms with Gasteiger partial charge in [0.15, 0.2) is 0 Å². The summed E-state index contributed by atoms with van der Waals surface area (Å²) in [4.78, 5) is 27.7. The van der Waals surface area contributed by atoms with E-state index in [-0.39, 0.29) is 23.8 Å². The Morgan fingerprint density at radius 2 is 1.91 bits per heavy atom. The molecule has 2 fully saturated rings. The monoisotopic (exact) mass is 315 g/mol. The van der Waals surface area contributed by atoms with E-state index in [4.69, 9.17) is 0 Å². The number of likely N-dealkylation sites (tertiary alicyclic amines) is 2. The first-order valence-electron chi connectivity index (χ1n) is 8.44. The molecule has 0 radical (unpaired) electrons. The molecule has 1 aromatic carbocycles. The van der Waals surface area contributed by atoms with Gasteiger partial charge in [0.05, 0.1) is 12.0 Å². The molecule has 2 saturated heterocycles. The van der Waals surface area contributed by atoms with E-state index < -0.39 is 0 Å². The van der Waals surface area contributed by atoms with Crippen molar-refractivity contribution in [3.05, 3.63) is 35.9 Å². The molecule has 1 unspecified atom stereocenters. The van der Waals surface area contributed by atoms with E-state index in [0.29, 0.717) is 13.1 Å². The first-order valence-corrected chi connectivity index (χ1v) is 8.44. The van der Waals surface area contributed by atoms with Gasteiger partial charge in [-0.15, -0.1) is 0 Å². The number of nitrogens with one attached hydrogen (secondary N) is 1. The van der Waals surface area contributed by atoms with Crippen LogP contribution in [0.5, 0.6) is 0 Å². The quantitative estimate of drug-likeness (QED) is 0.910. The number of carbonyl (C=O) groups is 2. The van der Waals surface area contributed by atoms with Gasteiger partial charge in [0.2, 0.25) is 11.8 Å². The molecule has 0 bridgehead atoms. The Balaban J connectivity index is 1.46. The first kappa shape index (κ1) is 16.0. The molecule has 0 aromatic heterocycles. The average molecular weight is 315 g/mol. The van der Waals surface area contributed by atoms with Crippen molar-refractivity contribution in [2.24, 2.45) is 5.92 Å². The van der Waals surface area contributed by atoms with Gasteiger partial charge in [-0.2, -0.15) is 0 Å². The highest BCUT2D eigenvalue weighted by Gasteiger charge is 2.33. The molecule has 1 aromatic rings. The van der Waals surface area contributed by atoms with Crippen molar-refractivity contribution < 1.29 is 9.59 Å². The molecule has 0 saturated carbocycles. The number of hydrogen-bond acceptors (Lipinski definition) is 3. The number of carbonyl (C=O) groups excluding carboxylic acids is 2. The summed E-state index contributed by atoms with van der Waals surface area (Å²) in [6.45, 7) is 5.67. The molecule has 23 heavy (non-hydrogen) atoms. The predicted molar refractivity (Wildman–Crippen MR) is 88.6 cm³/mol. The van der Waals surface area contributed by atoms with Crippen LogP contribution in [0, 0.1) is 5.92 Å². The number of piperidine rings is 1. The third-order valence-electron chi connectivity index (χ3n) is 4.80. The van der Waals surface area contributed by atoms with E-state index in [2.05, 4.69) is 34.5 Å². The van der Waals surface area contributed by atoms with Crippen molar-refractivity contribution >= 4 is 11.8 Å². The van der Waals surface area contributed by atoms with Gasteiger partial charge in [-0.3, -0.25) is 14.5 Å². The Hall–Kier alpha value is -1.88. The second kappa shape index (κ2) is 7.13. The van der Waals surface area contributed by atoms with Crippen LogP contribution < -0.4 is 5.32 Å². The lowest BCUT2D eigenvalue weighted by molar-refractivity contribution is -0.137. The number of rotatable bonds is 4. The number of amides is 2. The van der Waals surface area contributed by atoms with Crippen LogP contribution in [0.4, 0.5) is 0 Å². The Labute approximate surface area is 137 Å². The fraction of sp³-hybridized carbons (Fsp3) is 0.556. The van der Waals surface area contributed by atoms with E-state index in [1.165, 1.54) is 5.56 Å². The van der Waals surface area contributed by atoms with Gasteiger partial charge in [0.1, 0.15) is 0 Å². The highest BCUT2D eigenvalue weighted by molar-refractivity contribution is 5.80. The minimum Gasteiger partial charge on any atom is -0.350 e. The fourth-order valence-electron chi connectivity index (χ4n) is 3.40. The average Bonchev–Trinajstić information content (AvgIpc) is 2.51. The SMILES string of the molecule is CC(=O)N1CC(NC(=O)C2CCCN(Cc3ccccc3)C2)C1. The molecule has 0 aliphatic carbocycles. The van der Waals surface area contributed by atoms with Gasteiger partial charge in [0.25, 0.3) is 0 Å². The lowest BCUT2D eigenvalue weighted by Crippen LogP contribution is -2.61. The zero-order valence-corrected chi connectivity index (χ0v) is 13.7. The molecule has 5 heteroatoms. The molecule has 2 heterocycles. The fourth-order valence-corrected chi connectivity index (χ4v) is 3.40. The van der Waals surface area contributed by atoms with Crippen molar-refractivity contribution in [3.63, 3.8) is 0 Å². The molecule has 1 N–H and O–H groups in total. The second-order valence-corrected chi connectivity index (χ2v) is 6.69. The standard InChI is InChI=1S/C18H25N3O2/c1-14(22)21-12-17(13-21)19-18(23)16-8-5-9-20(11-16)10-15-6-3-2-4-7-15/h2-4,6-7,16-17H,5,8-13H2,1H3,(H,19,23). The predicted octanol–water partition coefficient (Wildman–Crippen LogP) is 1.25. The van der Waals surface area contributed by atoms with Gasteiger partial charge >= 0.3 is 0 Å². The summed E-state index contributed by atoms with van der Waals surface area (Å²) >= 11 is 0. The van der Waals surface area contributed by atoms with Crippen LogP contribution in [0.3, 0.4) is 0 Å². The van der Waals surface area contributed by atoms with Gasteiger partial charge in [-0.25, -0.2) is 0 Å².